The highest BCUT2D eigenvalue weighted by Crippen LogP contribution is 2.54. The van der Waals surface area contributed by atoms with Gasteiger partial charge in [0.2, 0.25) is 0 Å². The van der Waals surface area contributed by atoms with Crippen LogP contribution in [-0.2, 0) is 4.79 Å². The van der Waals surface area contributed by atoms with Crippen LogP contribution in [0.2, 0.25) is 0 Å². The van der Waals surface area contributed by atoms with Crippen molar-refractivity contribution in [3.8, 4) is 0 Å². The molecule has 0 aromatic heterocycles. The highest BCUT2D eigenvalue weighted by Gasteiger charge is 2.54. The molecule has 0 aromatic rings. The molecule has 0 aromatic carbocycles. The molecule has 1 unspecified atom stereocenters. The predicted molar refractivity (Wildman–Crippen MR) is 35.5 cm³/mol. The molecule has 1 saturated heterocycles. The Balaban J connectivity index is 2.08. The lowest BCUT2D eigenvalue weighted by atomic mass is 10.0. The number of carbonyl (C=O) groups is 1. The largest absolute Gasteiger partial charge is 0.480 e. The molecule has 2 aliphatic rings. The van der Waals surface area contributed by atoms with E-state index in [-0.39, 0.29) is 5.41 Å². The van der Waals surface area contributed by atoms with Gasteiger partial charge in [0.1, 0.15) is 6.04 Å². The van der Waals surface area contributed by atoms with Crippen LogP contribution in [0.1, 0.15) is 19.3 Å². The average molecular weight is 159 g/mol. The first kappa shape index (κ1) is 7.03. The number of hydrogen-bond donors (Lipinski definition) is 1. The SMILES string of the molecule is O=C(O)C1CC2(CC2)CN1F. The smallest absolute Gasteiger partial charge is 0.323 e. The summed E-state index contributed by atoms with van der Waals surface area (Å²) in [6.07, 6.45) is 2.49. The van der Waals surface area contributed by atoms with Crippen molar-refractivity contribution < 1.29 is 14.4 Å². The van der Waals surface area contributed by atoms with Crippen molar-refractivity contribution in [3.05, 3.63) is 0 Å². The molecule has 0 bridgehead atoms. The minimum Gasteiger partial charge on any atom is -0.480 e. The number of carboxylic acids is 1. The summed E-state index contributed by atoms with van der Waals surface area (Å²) in [5.41, 5.74) is 0.0395. The Morgan fingerprint density at radius 1 is 1.64 bits per heavy atom. The van der Waals surface area contributed by atoms with Crippen LogP contribution in [0.15, 0.2) is 0 Å². The number of rotatable bonds is 1. The van der Waals surface area contributed by atoms with E-state index in [2.05, 4.69) is 0 Å². The van der Waals surface area contributed by atoms with E-state index < -0.39 is 12.0 Å². The molecule has 11 heavy (non-hydrogen) atoms. The molecule has 1 saturated carbocycles. The van der Waals surface area contributed by atoms with E-state index >= 15 is 0 Å². The molecule has 0 radical (unpaired) electrons. The number of hydrogen-bond acceptors (Lipinski definition) is 2. The molecule has 1 N–H and O–H groups in total. The third-order valence-electron chi connectivity index (χ3n) is 2.69. The highest BCUT2D eigenvalue weighted by molar-refractivity contribution is 5.74. The molecule has 2 rings (SSSR count). The van der Waals surface area contributed by atoms with Crippen LogP contribution in [0, 0.1) is 5.41 Å². The fourth-order valence-electron chi connectivity index (χ4n) is 1.75. The summed E-state index contributed by atoms with van der Waals surface area (Å²) in [6, 6.07) is -0.877. The van der Waals surface area contributed by atoms with Gasteiger partial charge in [0.25, 0.3) is 0 Å². The van der Waals surface area contributed by atoms with Crippen LogP contribution in [-0.4, -0.2) is 28.8 Å². The minimum atomic E-state index is -1.03. The van der Waals surface area contributed by atoms with Crippen molar-refractivity contribution in [2.24, 2.45) is 5.41 Å². The van der Waals surface area contributed by atoms with E-state index in [1.165, 1.54) is 0 Å². The average Bonchev–Trinajstić information content (AvgIpc) is 2.54. The van der Waals surface area contributed by atoms with Gasteiger partial charge in [-0.1, -0.05) is 0 Å². The van der Waals surface area contributed by atoms with Crippen molar-refractivity contribution in [2.75, 3.05) is 6.54 Å². The maximum atomic E-state index is 12.8. The second-order valence-corrected chi connectivity index (χ2v) is 3.62. The van der Waals surface area contributed by atoms with Gasteiger partial charge in [-0.3, -0.25) is 4.79 Å². The molecule has 62 valence electrons. The van der Waals surface area contributed by atoms with Gasteiger partial charge >= 0.3 is 5.97 Å². The summed E-state index contributed by atoms with van der Waals surface area (Å²) in [5.74, 6) is -1.03. The topological polar surface area (TPSA) is 40.5 Å². The number of carboxylic acid groups (broad SMARTS) is 1. The molecule has 4 heteroatoms. The van der Waals surface area contributed by atoms with Gasteiger partial charge in [0.05, 0.1) is 0 Å². The zero-order valence-corrected chi connectivity index (χ0v) is 6.09. The second-order valence-electron chi connectivity index (χ2n) is 3.62. The normalized spacial score (nSPS) is 34.5. The molecule has 1 aliphatic carbocycles. The van der Waals surface area contributed by atoms with Gasteiger partial charge < -0.3 is 5.11 Å². The first-order chi connectivity index (χ1) is 5.13. The first-order valence-corrected chi connectivity index (χ1v) is 3.78. The lowest BCUT2D eigenvalue weighted by Gasteiger charge is -2.07. The zero-order chi connectivity index (χ0) is 8.06. The Hall–Kier alpha value is -0.640. The molecule has 2 fully saturated rings. The number of aliphatic carboxylic acids is 1. The Morgan fingerprint density at radius 2 is 2.27 bits per heavy atom. The van der Waals surface area contributed by atoms with E-state index in [4.69, 9.17) is 5.11 Å². The molecular formula is C7H10FNO2. The molecule has 3 nitrogen and oxygen atoms in total. The van der Waals surface area contributed by atoms with E-state index in [1.54, 1.807) is 0 Å². The third kappa shape index (κ3) is 1.01. The Labute approximate surface area is 63.7 Å². The summed E-state index contributed by atoms with van der Waals surface area (Å²) >= 11 is 0. The predicted octanol–water partition coefficient (Wildman–Crippen LogP) is 0.810. The zero-order valence-electron chi connectivity index (χ0n) is 6.09. The van der Waals surface area contributed by atoms with Crippen LogP contribution in [0.25, 0.3) is 0 Å². The number of nitrogens with zero attached hydrogens (tertiary/aromatic N) is 1. The van der Waals surface area contributed by atoms with E-state index in [9.17, 15) is 9.28 Å². The van der Waals surface area contributed by atoms with Crippen LogP contribution >= 0.6 is 0 Å². The van der Waals surface area contributed by atoms with Gasteiger partial charge in [-0.25, -0.2) is 0 Å². The second kappa shape index (κ2) is 1.94. The summed E-state index contributed by atoms with van der Waals surface area (Å²) in [6.45, 7) is 0.323. The maximum Gasteiger partial charge on any atom is 0.323 e. The minimum absolute atomic E-state index is 0.0395. The first-order valence-electron chi connectivity index (χ1n) is 3.78. The van der Waals surface area contributed by atoms with Crippen molar-refractivity contribution >= 4 is 5.97 Å². The Bertz CT molecular complexity index is 203. The maximum absolute atomic E-state index is 12.8. The quantitative estimate of drug-likeness (QED) is 0.575. The Morgan fingerprint density at radius 3 is 2.55 bits per heavy atom. The number of halogens is 1. The molecule has 1 heterocycles. The monoisotopic (exact) mass is 159 g/mol. The molecular weight excluding hydrogens is 149 g/mol. The van der Waals surface area contributed by atoms with Gasteiger partial charge in [0, 0.05) is 6.54 Å². The lowest BCUT2D eigenvalue weighted by molar-refractivity contribution is -0.148. The molecule has 1 spiro atoms. The molecule has 0 amide bonds. The van der Waals surface area contributed by atoms with Gasteiger partial charge in [0.15, 0.2) is 0 Å². The van der Waals surface area contributed by atoms with Crippen molar-refractivity contribution in [1.82, 2.24) is 5.12 Å². The fourth-order valence-corrected chi connectivity index (χ4v) is 1.75. The van der Waals surface area contributed by atoms with Crippen LogP contribution in [0.5, 0.6) is 0 Å². The van der Waals surface area contributed by atoms with E-state index in [0.717, 1.165) is 12.8 Å². The van der Waals surface area contributed by atoms with Gasteiger partial charge in [-0.05, 0) is 24.7 Å². The summed E-state index contributed by atoms with van der Waals surface area (Å²) in [4.78, 5) is 10.4. The highest BCUT2D eigenvalue weighted by atomic mass is 19.2. The molecule has 1 aliphatic heterocycles. The van der Waals surface area contributed by atoms with Gasteiger partial charge in [-0.2, -0.15) is 0 Å². The standard InChI is InChI=1S/C7H10FNO2/c8-9-4-7(1-2-7)3-5(9)6(10)11/h5H,1-4H2,(H,10,11). The van der Waals surface area contributed by atoms with Crippen LogP contribution < -0.4 is 0 Å². The summed E-state index contributed by atoms with van der Waals surface area (Å²) in [7, 11) is 0. The van der Waals surface area contributed by atoms with Crippen LogP contribution in [0.4, 0.5) is 4.48 Å². The summed E-state index contributed by atoms with van der Waals surface area (Å²) in [5, 5.41) is 9.03. The lowest BCUT2D eigenvalue weighted by Crippen LogP contribution is -2.29. The van der Waals surface area contributed by atoms with Crippen LogP contribution in [0.3, 0.4) is 0 Å². The van der Waals surface area contributed by atoms with Gasteiger partial charge in [-0.15, -0.1) is 9.60 Å². The summed E-state index contributed by atoms with van der Waals surface area (Å²) < 4.78 is 12.8. The van der Waals surface area contributed by atoms with Crippen molar-refractivity contribution in [2.45, 2.75) is 25.3 Å². The Kier molecular flexibility index (Phi) is 1.24. The fraction of sp³-hybridized carbons (Fsp3) is 0.857. The van der Waals surface area contributed by atoms with Crippen molar-refractivity contribution in [3.63, 3.8) is 0 Å². The van der Waals surface area contributed by atoms with Crippen molar-refractivity contribution in [1.29, 1.82) is 0 Å². The van der Waals surface area contributed by atoms with E-state index in [1.807, 2.05) is 0 Å². The van der Waals surface area contributed by atoms with E-state index in [0.29, 0.717) is 18.1 Å². The molecule has 1 atom stereocenters. The third-order valence-corrected chi connectivity index (χ3v) is 2.69.